The summed E-state index contributed by atoms with van der Waals surface area (Å²) in [6, 6.07) is 8.84. The van der Waals surface area contributed by atoms with Crippen LogP contribution in [0.2, 0.25) is 0 Å². The summed E-state index contributed by atoms with van der Waals surface area (Å²) in [5.74, 6) is -1.42. The lowest BCUT2D eigenvalue weighted by molar-refractivity contribution is -0.147. The fraction of sp³-hybridized carbons (Fsp3) is 0.438. The van der Waals surface area contributed by atoms with Gasteiger partial charge in [-0.3, -0.25) is 9.59 Å². The molecule has 1 fully saturated rings. The van der Waals surface area contributed by atoms with Crippen LogP contribution in [0.15, 0.2) is 30.3 Å². The Morgan fingerprint density at radius 3 is 2.35 bits per heavy atom. The van der Waals surface area contributed by atoms with Gasteiger partial charge in [-0.1, -0.05) is 31.0 Å². The molecule has 0 aliphatic heterocycles. The van der Waals surface area contributed by atoms with E-state index in [4.69, 9.17) is 4.74 Å². The number of hydrogen-bond donors (Lipinski definition) is 3. The maximum Gasteiger partial charge on any atom is 0.329 e. The third-order valence-electron chi connectivity index (χ3n) is 3.80. The Bertz CT molecular complexity index is 567. The molecule has 0 bridgehead atoms. The molecular weight excluding hydrogens is 300 g/mol. The Balaban J connectivity index is 1.73. The number of nitrogens with one attached hydrogen (secondary N) is 2. The van der Waals surface area contributed by atoms with Crippen molar-refractivity contribution in [3.8, 4) is 5.75 Å². The summed E-state index contributed by atoms with van der Waals surface area (Å²) >= 11 is 0. The normalized spacial score (nSPS) is 15.7. The Hall–Kier alpha value is -2.57. The standard InChI is InChI=1S/C16H20N2O5/c19-13(18-16(15(21)22)8-4-5-9-16)10-17-14(20)11-23-12-6-2-1-3-7-12/h1-3,6-7H,4-5,8-11H2,(H,17,20)(H,18,19)(H,21,22). The number of hydrogen-bond acceptors (Lipinski definition) is 4. The van der Waals surface area contributed by atoms with Crippen LogP contribution in [-0.2, 0) is 14.4 Å². The highest BCUT2D eigenvalue weighted by atomic mass is 16.5. The third kappa shape index (κ3) is 4.70. The lowest BCUT2D eigenvalue weighted by Gasteiger charge is -2.25. The van der Waals surface area contributed by atoms with Gasteiger partial charge in [0.2, 0.25) is 5.91 Å². The molecule has 1 aliphatic carbocycles. The molecule has 2 rings (SSSR count). The largest absolute Gasteiger partial charge is 0.484 e. The van der Waals surface area contributed by atoms with Crippen LogP contribution in [0.4, 0.5) is 0 Å². The topological polar surface area (TPSA) is 105 Å². The number of para-hydroxylation sites is 1. The van der Waals surface area contributed by atoms with E-state index in [9.17, 15) is 19.5 Å². The van der Waals surface area contributed by atoms with Crippen molar-refractivity contribution in [3.63, 3.8) is 0 Å². The number of benzene rings is 1. The Kier molecular flexibility index (Phi) is 5.56. The first kappa shape index (κ1) is 16.8. The third-order valence-corrected chi connectivity index (χ3v) is 3.80. The second-order valence-electron chi connectivity index (χ2n) is 5.52. The van der Waals surface area contributed by atoms with Crippen molar-refractivity contribution in [2.45, 2.75) is 31.2 Å². The molecule has 0 heterocycles. The molecule has 2 amide bonds. The first-order chi connectivity index (χ1) is 11.0. The summed E-state index contributed by atoms with van der Waals surface area (Å²) in [6.45, 7) is -0.479. The highest BCUT2D eigenvalue weighted by Gasteiger charge is 2.42. The van der Waals surface area contributed by atoms with Gasteiger partial charge in [-0.25, -0.2) is 4.79 Å². The molecule has 0 saturated heterocycles. The first-order valence-corrected chi connectivity index (χ1v) is 7.51. The van der Waals surface area contributed by atoms with Crippen molar-refractivity contribution in [1.29, 1.82) is 0 Å². The summed E-state index contributed by atoms with van der Waals surface area (Å²) in [5.41, 5.74) is -1.19. The quantitative estimate of drug-likeness (QED) is 0.686. The molecule has 7 nitrogen and oxygen atoms in total. The maximum atomic E-state index is 11.9. The van der Waals surface area contributed by atoms with E-state index in [2.05, 4.69) is 10.6 Å². The highest BCUT2D eigenvalue weighted by Crippen LogP contribution is 2.29. The van der Waals surface area contributed by atoms with Gasteiger partial charge in [-0.05, 0) is 25.0 Å². The number of amides is 2. The molecule has 0 radical (unpaired) electrons. The number of carbonyl (C=O) groups excluding carboxylic acids is 2. The Morgan fingerprint density at radius 1 is 1.09 bits per heavy atom. The van der Waals surface area contributed by atoms with Gasteiger partial charge in [-0.15, -0.1) is 0 Å². The number of carboxylic acid groups (broad SMARTS) is 1. The van der Waals surface area contributed by atoms with Crippen LogP contribution in [0, 0.1) is 0 Å². The molecule has 7 heteroatoms. The number of ether oxygens (including phenoxy) is 1. The summed E-state index contributed by atoms with van der Waals surface area (Å²) in [4.78, 5) is 34.8. The summed E-state index contributed by atoms with van der Waals surface area (Å²) in [6.07, 6.45) is 2.37. The van der Waals surface area contributed by atoms with Gasteiger partial charge in [0.05, 0.1) is 6.54 Å². The van der Waals surface area contributed by atoms with Crippen LogP contribution in [0.3, 0.4) is 0 Å². The van der Waals surface area contributed by atoms with Gasteiger partial charge in [0.15, 0.2) is 6.61 Å². The van der Waals surface area contributed by atoms with Crippen molar-refractivity contribution >= 4 is 17.8 Å². The molecule has 0 aromatic heterocycles. The van der Waals surface area contributed by atoms with Crippen molar-refractivity contribution < 1.29 is 24.2 Å². The first-order valence-electron chi connectivity index (χ1n) is 7.51. The smallest absolute Gasteiger partial charge is 0.329 e. The molecule has 0 spiro atoms. The van der Waals surface area contributed by atoms with Gasteiger partial charge in [-0.2, -0.15) is 0 Å². The van der Waals surface area contributed by atoms with Gasteiger partial charge >= 0.3 is 5.97 Å². The predicted octanol–water partition coefficient (Wildman–Crippen LogP) is 0.695. The van der Waals surface area contributed by atoms with E-state index in [0.717, 1.165) is 12.8 Å². The molecule has 0 unspecified atom stereocenters. The lowest BCUT2D eigenvalue weighted by atomic mass is 9.98. The molecule has 1 aromatic rings. The second-order valence-corrected chi connectivity index (χ2v) is 5.52. The van der Waals surface area contributed by atoms with Crippen molar-refractivity contribution in [2.24, 2.45) is 0 Å². The Morgan fingerprint density at radius 2 is 1.74 bits per heavy atom. The van der Waals surface area contributed by atoms with Crippen LogP contribution in [-0.4, -0.2) is 41.6 Å². The van der Waals surface area contributed by atoms with E-state index in [-0.39, 0.29) is 13.2 Å². The molecule has 1 aromatic carbocycles. The number of carbonyl (C=O) groups is 3. The number of aliphatic carboxylic acids is 1. The monoisotopic (exact) mass is 320 g/mol. The molecule has 0 atom stereocenters. The highest BCUT2D eigenvalue weighted by molar-refractivity contribution is 5.90. The average Bonchev–Trinajstić information content (AvgIpc) is 3.02. The SMILES string of the molecule is O=C(COc1ccccc1)NCC(=O)NC1(C(=O)O)CCCC1. The van der Waals surface area contributed by atoms with Crippen LogP contribution in [0.25, 0.3) is 0 Å². The van der Waals surface area contributed by atoms with E-state index in [0.29, 0.717) is 18.6 Å². The predicted molar refractivity (Wildman–Crippen MR) is 81.9 cm³/mol. The van der Waals surface area contributed by atoms with Gasteiger partial charge in [0.1, 0.15) is 11.3 Å². The van der Waals surface area contributed by atoms with E-state index in [1.807, 2.05) is 6.07 Å². The lowest BCUT2D eigenvalue weighted by Crippen LogP contribution is -2.55. The van der Waals surface area contributed by atoms with Crippen LogP contribution in [0.1, 0.15) is 25.7 Å². The number of rotatable bonds is 7. The summed E-state index contributed by atoms with van der Waals surface area (Å²) in [7, 11) is 0. The van der Waals surface area contributed by atoms with Crippen LogP contribution >= 0.6 is 0 Å². The maximum absolute atomic E-state index is 11.9. The van der Waals surface area contributed by atoms with Gasteiger partial charge in [0.25, 0.3) is 5.91 Å². The van der Waals surface area contributed by atoms with Gasteiger partial charge < -0.3 is 20.5 Å². The molecule has 1 saturated carbocycles. The number of carboxylic acids is 1. The van der Waals surface area contributed by atoms with Crippen LogP contribution < -0.4 is 15.4 Å². The fourth-order valence-electron chi connectivity index (χ4n) is 2.58. The molecule has 23 heavy (non-hydrogen) atoms. The Labute approximate surface area is 134 Å². The van der Waals surface area contributed by atoms with E-state index in [1.54, 1.807) is 24.3 Å². The van der Waals surface area contributed by atoms with Crippen molar-refractivity contribution in [3.05, 3.63) is 30.3 Å². The minimum absolute atomic E-state index is 0.207. The second kappa shape index (κ2) is 7.62. The fourth-order valence-corrected chi connectivity index (χ4v) is 2.58. The minimum Gasteiger partial charge on any atom is -0.484 e. The zero-order valence-electron chi connectivity index (χ0n) is 12.7. The molecule has 124 valence electrons. The molecular formula is C16H20N2O5. The average molecular weight is 320 g/mol. The van der Waals surface area contributed by atoms with E-state index in [1.165, 1.54) is 0 Å². The van der Waals surface area contributed by atoms with Gasteiger partial charge in [0, 0.05) is 0 Å². The summed E-state index contributed by atoms with van der Waals surface area (Å²) < 4.78 is 5.25. The van der Waals surface area contributed by atoms with Crippen molar-refractivity contribution in [1.82, 2.24) is 10.6 Å². The molecule has 1 aliphatic rings. The summed E-state index contributed by atoms with van der Waals surface area (Å²) in [5, 5.41) is 14.2. The van der Waals surface area contributed by atoms with E-state index < -0.39 is 23.3 Å². The van der Waals surface area contributed by atoms with Crippen molar-refractivity contribution in [2.75, 3.05) is 13.2 Å². The van der Waals surface area contributed by atoms with Crippen LogP contribution in [0.5, 0.6) is 5.75 Å². The van der Waals surface area contributed by atoms with E-state index >= 15 is 0 Å². The molecule has 3 N–H and O–H groups in total. The minimum atomic E-state index is -1.19. The zero-order valence-corrected chi connectivity index (χ0v) is 12.7. The zero-order chi connectivity index (χ0) is 16.7.